The molecular formula is C20H25ClN4O5S2. The third-order valence-corrected chi connectivity index (χ3v) is 9.07. The van der Waals surface area contributed by atoms with Crippen molar-refractivity contribution in [3.05, 3.63) is 41.2 Å². The van der Waals surface area contributed by atoms with Crippen molar-refractivity contribution in [1.82, 2.24) is 14.3 Å². The van der Waals surface area contributed by atoms with Gasteiger partial charge in [-0.25, -0.2) is 26.8 Å². The van der Waals surface area contributed by atoms with Gasteiger partial charge in [-0.2, -0.15) is 4.31 Å². The molecule has 0 radical (unpaired) electrons. The quantitative estimate of drug-likeness (QED) is 0.579. The van der Waals surface area contributed by atoms with Crippen LogP contribution in [0.15, 0.2) is 40.5 Å². The molecule has 1 amide bonds. The number of nitrogens with one attached hydrogen (secondary N) is 1. The molecule has 0 atom stereocenters. The molecule has 0 aliphatic carbocycles. The van der Waals surface area contributed by atoms with Crippen molar-refractivity contribution in [2.75, 3.05) is 24.2 Å². The van der Waals surface area contributed by atoms with Gasteiger partial charge in [-0.15, -0.1) is 0 Å². The summed E-state index contributed by atoms with van der Waals surface area (Å²) in [6, 6.07) is 5.76. The molecule has 0 bridgehead atoms. The fourth-order valence-electron chi connectivity index (χ4n) is 3.29. The minimum absolute atomic E-state index is 0.100. The van der Waals surface area contributed by atoms with E-state index in [0.717, 1.165) is 19.0 Å². The molecule has 1 saturated heterocycles. The predicted octanol–water partition coefficient (Wildman–Crippen LogP) is 2.99. The topological polar surface area (TPSA) is 126 Å². The summed E-state index contributed by atoms with van der Waals surface area (Å²) in [6.45, 7) is 4.78. The Morgan fingerprint density at radius 1 is 1.16 bits per heavy atom. The van der Waals surface area contributed by atoms with E-state index in [0.29, 0.717) is 31.1 Å². The lowest BCUT2D eigenvalue weighted by Crippen LogP contribution is -2.37. The van der Waals surface area contributed by atoms with Gasteiger partial charge in [0.1, 0.15) is 0 Å². The van der Waals surface area contributed by atoms with E-state index in [4.69, 9.17) is 11.6 Å². The van der Waals surface area contributed by atoms with Crippen molar-refractivity contribution in [1.29, 1.82) is 0 Å². The molecule has 174 valence electrons. The number of benzene rings is 1. The van der Waals surface area contributed by atoms with E-state index in [1.165, 1.54) is 28.6 Å². The molecule has 1 aliphatic rings. The van der Waals surface area contributed by atoms with Crippen LogP contribution in [-0.2, 0) is 19.9 Å². The van der Waals surface area contributed by atoms with E-state index in [2.05, 4.69) is 22.2 Å². The van der Waals surface area contributed by atoms with Gasteiger partial charge in [0.15, 0.2) is 5.69 Å². The van der Waals surface area contributed by atoms with Crippen LogP contribution in [0.25, 0.3) is 0 Å². The Labute approximate surface area is 193 Å². The third-order valence-electron chi connectivity index (χ3n) is 5.18. The average Bonchev–Trinajstić information content (AvgIpc) is 2.74. The number of nitrogens with zero attached hydrogens (tertiary/aromatic N) is 3. The van der Waals surface area contributed by atoms with Crippen molar-refractivity contribution in [2.24, 2.45) is 5.92 Å². The minimum atomic E-state index is -3.72. The van der Waals surface area contributed by atoms with Crippen LogP contribution in [0.4, 0.5) is 5.69 Å². The van der Waals surface area contributed by atoms with Crippen LogP contribution in [0.5, 0.6) is 0 Å². The number of sulfonamides is 1. The molecule has 0 unspecified atom stereocenters. The highest BCUT2D eigenvalue weighted by Crippen LogP contribution is 2.25. The van der Waals surface area contributed by atoms with Crippen molar-refractivity contribution in [3.63, 3.8) is 0 Å². The van der Waals surface area contributed by atoms with Crippen molar-refractivity contribution in [3.8, 4) is 0 Å². The summed E-state index contributed by atoms with van der Waals surface area (Å²) in [7, 11) is -7.33. The molecule has 3 rings (SSSR count). The second-order valence-electron chi connectivity index (χ2n) is 7.73. The smallest absolute Gasteiger partial charge is 0.275 e. The molecular weight excluding hydrogens is 476 g/mol. The predicted molar refractivity (Wildman–Crippen MR) is 121 cm³/mol. The maximum Gasteiger partial charge on any atom is 0.275 e. The summed E-state index contributed by atoms with van der Waals surface area (Å²) < 4.78 is 51.5. The Kier molecular flexibility index (Phi) is 7.53. The molecule has 1 N–H and O–H groups in total. The first-order chi connectivity index (χ1) is 15.0. The lowest BCUT2D eigenvalue weighted by Gasteiger charge is -2.29. The van der Waals surface area contributed by atoms with Gasteiger partial charge < -0.3 is 5.32 Å². The second kappa shape index (κ2) is 9.82. The molecule has 12 heteroatoms. The number of carbonyl (C=O) groups excluding carboxylic acids is 1. The van der Waals surface area contributed by atoms with Crippen molar-refractivity contribution in [2.45, 2.75) is 43.2 Å². The highest BCUT2D eigenvalue weighted by atomic mass is 35.5. The van der Waals surface area contributed by atoms with E-state index in [-0.39, 0.29) is 21.4 Å². The van der Waals surface area contributed by atoms with Gasteiger partial charge in [-0.1, -0.05) is 25.4 Å². The summed E-state index contributed by atoms with van der Waals surface area (Å²) >= 11 is 6.00. The summed E-state index contributed by atoms with van der Waals surface area (Å²) in [5, 5.41) is 1.99. The first-order valence-electron chi connectivity index (χ1n) is 10.2. The Balaban J connectivity index is 1.77. The number of halogens is 1. The van der Waals surface area contributed by atoms with Crippen LogP contribution in [0, 0.1) is 5.92 Å². The number of hydrogen-bond donors (Lipinski definition) is 1. The average molecular weight is 501 g/mol. The molecule has 0 spiro atoms. The normalized spacial score (nSPS) is 16.1. The van der Waals surface area contributed by atoms with Gasteiger partial charge in [0.2, 0.25) is 25.0 Å². The standard InChI is InChI=1S/C20H25ClN4O5S2/c1-3-12-31(27,28)20-22-13-17(21)18(24-20)19(26)23-15-4-6-16(7-5-15)32(29,30)25-10-8-14(2)9-11-25/h4-7,13-14H,3,8-12H2,1-2H3,(H,23,26). The number of sulfone groups is 1. The van der Waals surface area contributed by atoms with E-state index in [1.807, 2.05) is 0 Å². The zero-order chi connectivity index (χ0) is 23.5. The first-order valence-corrected chi connectivity index (χ1v) is 13.7. The zero-order valence-corrected chi connectivity index (χ0v) is 20.2. The number of rotatable bonds is 7. The molecule has 2 aromatic rings. The van der Waals surface area contributed by atoms with E-state index in [9.17, 15) is 21.6 Å². The molecule has 32 heavy (non-hydrogen) atoms. The first kappa shape index (κ1) is 24.6. The van der Waals surface area contributed by atoms with Gasteiger partial charge >= 0.3 is 0 Å². The number of hydrogen-bond acceptors (Lipinski definition) is 7. The van der Waals surface area contributed by atoms with Crippen LogP contribution in [-0.4, -0.2) is 55.9 Å². The van der Waals surface area contributed by atoms with Gasteiger partial charge in [-0.3, -0.25) is 4.79 Å². The molecule has 1 aromatic heterocycles. The fourth-order valence-corrected chi connectivity index (χ4v) is 6.11. The van der Waals surface area contributed by atoms with Crippen LogP contribution in [0.1, 0.15) is 43.6 Å². The van der Waals surface area contributed by atoms with Crippen LogP contribution in [0.3, 0.4) is 0 Å². The fraction of sp³-hybridized carbons (Fsp3) is 0.450. The number of piperidine rings is 1. The number of carbonyl (C=O) groups is 1. The van der Waals surface area contributed by atoms with Crippen LogP contribution < -0.4 is 5.32 Å². The summed E-state index contributed by atoms with van der Waals surface area (Å²) in [6.07, 6.45) is 3.09. The second-order valence-corrected chi connectivity index (χ2v) is 12.1. The summed E-state index contributed by atoms with van der Waals surface area (Å²) in [4.78, 5) is 20.3. The lowest BCUT2D eigenvalue weighted by atomic mass is 10.0. The Morgan fingerprint density at radius 3 is 2.38 bits per heavy atom. The van der Waals surface area contributed by atoms with Crippen LogP contribution >= 0.6 is 11.6 Å². The highest BCUT2D eigenvalue weighted by Gasteiger charge is 2.28. The Morgan fingerprint density at radius 2 is 1.78 bits per heavy atom. The highest BCUT2D eigenvalue weighted by molar-refractivity contribution is 7.91. The summed E-state index contributed by atoms with van der Waals surface area (Å²) in [5.41, 5.74) is 0.0318. The van der Waals surface area contributed by atoms with E-state index < -0.39 is 30.9 Å². The Bertz CT molecular complexity index is 1190. The molecule has 1 aromatic carbocycles. The maximum absolute atomic E-state index is 12.8. The van der Waals surface area contributed by atoms with Gasteiger partial charge in [-0.05, 0) is 49.4 Å². The zero-order valence-electron chi connectivity index (χ0n) is 17.8. The third kappa shape index (κ3) is 5.45. The molecule has 1 aliphatic heterocycles. The number of aromatic nitrogens is 2. The van der Waals surface area contributed by atoms with E-state index in [1.54, 1.807) is 6.92 Å². The van der Waals surface area contributed by atoms with Gasteiger partial charge in [0.25, 0.3) is 5.91 Å². The number of anilines is 1. The van der Waals surface area contributed by atoms with Crippen LogP contribution in [0.2, 0.25) is 5.02 Å². The van der Waals surface area contributed by atoms with Crippen molar-refractivity contribution < 1.29 is 21.6 Å². The summed E-state index contributed by atoms with van der Waals surface area (Å²) in [5.74, 6) is -0.377. The van der Waals surface area contributed by atoms with E-state index >= 15 is 0 Å². The molecule has 2 heterocycles. The Hall–Kier alpha value is -2.08. The monoisotopic (exact) mass is 500 g/mol. The SMILES string of the molecule is CCCS(=O)(=O)c1ncc(Cl)c(C(=O)Nc2ccc(S(=O)(=O)N3CCC(C)CC3)cc2)n1. The van der Waals surface area contributed by atoms with Gasteiger partial charge in [0, 0.05) is 18.8 Å². The minimum Gasteiger partial charge on any atom is -0.321 e. The van der Waals surface area contributed by atoms with Gasteiger partial charge in [0.05, 0.1) is 21.9 Å². The van der Waals surface area contributed by atoms with Crippen molar-refractivity contribution >= 4 is 43.1 Å². The molecule has 9 nitrogen and oxygen atoms in total. The lowest BCUT2D eigenvalue weighted by molar-refractivity contribution is 0.102. The largest absolute Gasteiger partial charge is 0.321 e. The number of amides is 1. The maximum atomic E-state index is 12.8. The molecule has 0 saturated carbocycles. The molecule has 1 fully saturated rings.